The van der Waals surface area contributed by atoms with Gasteiger partial charge in [-0.15, -0.1) is 0 Å². The highest BCUT2D eigenvalue weighted by Crippen LogP contribution is 2.36. The first-order valence-electron chi connectivity index (χ1n) is 16.7. The number of thiazole rings is 1. The number of carbonyl (C=O) groups is 2. The van der Waals surface area contributed by atoms with E-state index in [1.54, 1.807) is 11.5 Å². The molecule has 4 heterocycles. The molecule has 0 N–H and O–H groups in total. The molecule has 1 saturated heterocycles. The average molecular weight is 675 g/mol. The number of benzene rings is 3. The Hall–Kier alpha value is -5.22. The lowest BCUT2D eigenvalue weighted by Crippen LogP contribution is -2.40. The second-order valence-corrected chi connectivity index (χ2v) is 13.5. The van der Waals surface area contributed by atoms with E-state index in [2.05, 4.69) is 0 Å². The second-order valence-electron chi connectivity index (χ2n) is 12.5. The van der Waals surface area contributed by atoms with E-state index in [4.69, 9.17) is 14.5 Å². The highest BCUT2D eigenvalue weighted by atomic mass is 32.1. The van der Waals surface area contributed by atoms with Gasteiger partial charge in [-0.3, -0.25) is 14.2 Å². The molecule has 5 aromatic rings. The summed E-state index contributed by atoms with van der Waals surface area (Å²) in [6.45, 7) is 7.67. The predicted molar refractivity (Wildman–Crippen MR) is 191 cm³/mol. The van der Waals surface area contributed by atoms with E-state index in [0.29, 0.717) is 26.4 Å². The quantitative estimate of drug-likeness (QED) is 0.198. The van der Waals surface area contributed by atoms with Gasteiger partial charge in [0.05, 0.1) is 34.6 Å². The highest BCUT2D eigenvalue weighted by Gasteiger charge is 2.35. The summed E-state index contributed by atoms with van der Waals surface area (Å²) in [4.78, 5) is 48.8. The number of nitrogens with zero attached hydrogens (tertiary/aromatic N) is 4. The molecule has 9 nitrogen and oxygen atoms in total. The lowest BCUT2D eigenvalue weighted by Gasteiger charge is -2.26. The van der Waals surface area contributed by atoms with Crippen LogP contribution in [0.2, 0.25) is 0 Å². The smallest absolute Gasteiger partial charge is 0.338 e. The third-order valence-electron chi connectivity index (χ3n) is 8.81. The summed E-state index contributed by atoms with van der Waals surface area (Å²) < 4.78 is 15.5. The maximum atomic E-state index is 14.5. The Morgan fingerprint density at radius 2 is 1.69 bits per heavy atom. The van der Waals surface area contributed by atoms with E-state index < -0.39 is 12.0 Å². The van der Waals surface area contributed by atoms with Crippen LogP contribution in [0.1, 0.15) is 56.3 Å². The number of likely N-dealkylation sites (tertiary alicyclic amines) is 1. The van der Waals surface area contributed by atoms with E-state index in [9.17, 15) is 14.4 Å². The minimum absolute atomic E-state index is 0.00696. The van der Waals surface area contributed by atoms with Crippen LogP contribution < -0.4 is 19.6 Å². The Kier molecular flexibility index (Phi) is 9.05. The summed E-state index contributed by atoms with van der Waals surface area (Å²) >= 11 is 1.28. The van der Waals surface area contributed by atoms with Crippen LogP contribution in [-0.4, -0.2) is 51.7 Å². The standard InChI is InChI=1S/C39H38N4O5S/c1-4-47-38(46)34-35(26-12-6-5-7-13-26)40-39-43(36(34)27-16-18-29(19-17-27)48-25(2)3)37(45)32(49-39)22-28-23-42(31-15-9-8-14-30(28)31)24-33(44)41-20-10-11-21-41/h5-9,12-19,22-23,25,36H,4,10-11,20-21,24H2,1-3H3/b32-22-/t36-/m1/s1. The number of ether oxygens (including phenoxy) is 2. The van der Waals surface area contributed by atoms with Crippen molar-refractivity contribution in [3.63, 3.8) is 0 Å². The third-order valence-corrected chi connectivity index (χ3v) is 9.79. The van der Waals surface area contributed by atoms with E-state index >= 15 is 0 Å². The molecule has 10 heteroatoms. The van der Waals surface area contributed by atoms with Gasteiger partial charge >= 0.3 is 5.97 Å². The van der Waals surface area contributed by atoms with Crippen molar-refractivity contribution in [3.05, 3.63) is 127 Å². The number of hydrogen-bond acceptors (Lipinski definition) is 7. The Bertz CT molecular complexity index is 2240. The molecular formula is C39H38N4O5S. The van der Waals surface area contributed by atoms with E-state index in [0.717, 1.165) is 53.5 Å². The van der Waals surface area contributed by atoms with Gasteiger partial charge in [-0.25, -0.2) is 9.79 Å². The van der Waals surface area contributed by atoms with Crippen LogP contribution in [0, 0.1) is 0 Å². The van der Waals surface area contributed by atoms with Crippen molar-refractivity contribution in [1.82, 2.24) is 14.0 Å². The van der Waals surface area contributed by atoms with Gasteiger partial charge in [0.1, 0.15) is 12.3 Å². The fraction of sp³-hybridized carbons (Fsp3) is 0.282. The van der Waals surface area contributed by atoms with Crippen molar-refractivity contribution >= 4 is 45.9 Å². The van der Waals surface area contributed by atoms with E-state index in [1.807, 2.05) is 114 Å². The molecular weight excluding hydrogens is 637 g/mol. The topological polar surface area (TPSA) is 95.1 Å². The van der Waals surface area contributed by atoms with Crippen LogP contribution in [0.15, 0.2) is 100 Å². The van der Waals surface area contributed by atoms with Crippen LogP contribution >= 0.6 is 11.3 Å². The maximum Gasteiger partial charge on any atom is 0.338 e. The normalized spacial score (nSPS) is 16.3. The highest BCUT2D eigenvalue weighted by molar-refractivity contribution is 7.07. The van der Waals surface area contributed by atoms with Crippen LogP contribution in [-0.2, 0) is 20.9 Å². The minimum atomic E-state index is -0.791. The molecule has 0 bridgehead atoms. The first-order valence-corrected chi connectivity index (χ1v) is 17.5. The molecule has 2 aliphatic heterocycles. The van der Waals surface area contributed by atoms with Gasteiger partial charge in [0.25, 0.3) is 5.56 Å². The molecule has 1 amide bonds. The van der Waals surface area contributed by atoms with Crippen molar-refractivity contribution in [2.45, 2.75) is 52.3 Å². The number of fused-ring (bicyclic) bond motifs is 2. The number of esters is 1. The summed E-state index contributed by atoms with van der Waals surface area (Å²) in [5, 5.41) is 0.942. The van der Waals surface area contributed by atoms with E-state index in [1.165, 1.54) is 11.3 Å². The zero-order valence-electron chi connectivity index (χ0n) is 27.8. The molecule has 1 atom stereocenters. The monoisotopic (exact) mass is 674 g/mol. The van der Waals surface area contributed by atoms with Crippen molar-refractivity contribution in [3.8, 4) is 5.75 Å². The average Bonchev–Trinajstić information content (AvgIpc) is 3.84. The predicted octanol–water partition coefficient (Wildman–Crippen LogP) is 5.30. The van der Waals surface area contributed by atoms with Crippen molar-refractivity contribution in [2.24, 2.45) is 4.99 Å². The Morgan fingerprint density at radius 1 is 0.980 bits per heavy atom. The van der Waals surface area contributed by atoms with Crippen LogP contribution in [0.25, 0.3) is 22.7 Å². The number of para-hydroxylation sites is 1. The van der Waals surface area contributed by atoms with Crippen LogP contribution in [0.4, 0.5) is 0 Å². The Balaban J connectivity index is 1.41. The molecule has 0 saturated carbocycles. The lowest BCUT2D eigenvalue weighted by molar-refractivity contribution is -0.139. The first kappa shape index (κ1) is 32.3. The molecule has 0 spiro atoms. The molecule has 0 aliphatic carbocycles. The SMILES string of the molecule is CCOC(=O)C1=C(c2ccccc2)N=c2s/c(=C\c3cn(CC(=O)N4CCCC4)c4ccccc34)c(=O)n2[C@@H]1c1ccc(OC(C)C)cc1. The number of rotatable bonds is 9. The fourth-order valence-corrected chi connectivity index (χ4v) is 7.62. The van der Waals surface area contributed by atoms with Crippen molar-refractivity contribution < 1.29 is 19.1 Å². The van der Waals surface area contributed by atoms with Crippen molar-refractivity contribution in [2.75, 3.05) is 19.7 Å². The molecule has 2 aromatic heterocycles. The lowest BCUT2D eigenvalue weighted by atomic mass is 9.93. The molecule has 7 rings (SSSR count). The molecule has 0 unspecified atom stereocenters. The van der Waals surface area contributed by atoms with Gasteiger partial charge < -0.3 is 18.9 Å². The van der Waals surface area contributed by atoms with Gasteiger partial charge in [0.2, 0.25) is 5.91 Å². The van der Waals surface area contributed by atoms with Gasteiger partial charge in [-0.2, -0.15) is 0 Å². The molecule has 2 aliphatic rings. The van der Waals surface area contributed by atoms with Gasteiger partial charge in [-0.1, -0.05) is 72.0 Å². The van der Waals surface area contributed by atoms with Gasteiger partial charge in [0.15, 0.2) is 4.80 Å². The van der Waals surface area contributed by atoms with Gasteiger partial charge in [-0.05, 0) is 63.5 Å². The van der Waals surface area contributed by atoms with Crippen LogP contribution in [0.3, 0.4) is 0 Å². The molecule has 0 radical (unpaired) electrons. The van der Waals surface area contributed by atoms with Gasteiger partial charge in [0, 0.05) is 41.3 Å². The molecule has 250 valence electrons. The minimum Gasteiger partial charge on any atom is -0.491 e. The summed E-state index contributed by atoms with van der Waals surface area (Å²) in [6.07, 6.45) is 5.87. The Morgan fingerprint density at radius 3 is 2.41 bits per heavy atom. The maximum absolute atomic E-state index is 14.5. The molecule has 1 fully saturated rings. The Labute approximate surface area is 288 Å². The number of aromatic nitrogens is 2. The summed E-state index contributed by atoms with van der Waals surface area (Å²) in [5.41, 5.74) is 3.72. The van der Waals surface area contributed by atoms with Crippen LogP contribution in [0.5, 0.6) is 5.75 Å². The first-order chi connectivity index (χ1) is 23.8. The largest absolute Gasteiger partial charge is 0.491 e. The second kappa shape index (κ2) is 13.7. The molecule has 3 aromatic carbocycles. The van der Waals surface area contributed by atoms with Crippen molar-refractivity contribution in [1.29, 1.82) is 0 Å². The fourth-order valence-electron chi connectivity index (χ4n) is 6.63. The number of hydrogen-bond donors (Lipinski definition) is 0. The zero-order chi connectivity index (χ0) is 34.1. The zero-order valence-corrected chi connectivity index (χ0v) is 28.6. The number of amides is 1. The summed E-state index contributed by atoms with van der Waals surface area (Å²) in [6, 6.07) is 24.1. The third kappa shape index (κ3) is 6.36. The number of carbonyl (C=O) groups excluding carboxylic acids is 2. The summed E-state index contributed by atoms with van der Waals surface area (Å²) in [7, 11) is 0. The molecule has 49 heavy (non-hydrogen) atoms. The van der Waals surface area contributed by atoms with E-state index in [-0.39, 0.29) is 30.7 Å². The summed E-state index contributed by atoms with van der Waals surface area (Å²) in [5.74, 6) is 0.252.